The standard InChI is InChI=1S/C24H17N3O3/c1-30-16-8-6-7-15(13-16)27-22(25-21-12-5-3-10-18(21)24(27)29)14-19-17-9-2-4-11-20(17)26-23(19)28/h2-14H,1H3,(H,26,28). The minimum atomic E-state index is -0.226. The number of carbonyl (C=O) groups is 1. The van der Waals surface area contributed by atoms with E-state index in [1.165, 1.54) is 4.57 Å². The number of carbonyl (C=O) groups excluding carboxylic acids is 1. The Morgan fingerprint density at radius 3 is 2.63 bits per heavy atom. The van der Waals surface area contributed by atoms with Gasteiger partial charge in [-0.3, -0.25) is 14.2 Å². The van der Waals surface area contributed by atoms with Gasteiger partial charge in [-0.1, -0.05) is 36.4 Å². The monoisotopic (exact) mass is 395 g/mol. The van der Waals surface area contributed by atoms with Crippen molar-refractivity contribution in [2.45, 2.75) is 0 Å². The van der Waals surface area contributed by atoms with Gasteiger partial charge in [0.25, 0.3) is 11.5 Å². The predicted molar refractivity (Wildman–Crippen MR) is 117 cm³/mol. The zero-order chi connectivity index (χ0) is 20.7. The first-order chi connectivity index (χ1) is 14.7. The van der Waals surface area contributed by atoms with E-state index in [1.807, 2.05) is 48.5 Å². The number of nitrogens with zero attached hydrogens (tertiary/aromatic N) is 2. The van der Waals surface area contributed by atoms with E-state index in [2.05, 4.69) is 5.32 Å². The average Bonchev–Trinajstić information content (AvgIpc) is 3.09. The molecule has 0 bridgehead atoms. The average molecular weight is 395 g/mol. The third kappa shape index (κ3) is 2.86. The van der Waals surface area contributed by atoms with Gasteiger partial charge in [-0.2, -0.15) is 0 Å². The molecule has 2 heterocycles. The fourth-order valence-corrected chi connectivity index (χ4v) is 3.66. The third-order valence-electron chi connectivity index (χ3n) is 5.10. The molecule has 1 aromatic heterocycles. The van der Waals surface area contributed by atoms with Gasteiger partial charge in [0.2, 0.25) is 0 Å². The highest BCUT2D eigenvalue weighted by atomic mass is 16.5. The Labute approximate surface area is 172 Å². The summed E-state index contributed by atoms with van der Waals surface area (Å²) in [5.41, 5.74) is 2.94. The summed E-state index contributed by atoms with van der Waals surface area (Å²) in [5.74, 6) is 0.764. The fourth-order valence-electron chi connectivity index (χ4n) is 3.66. The molecule has 3 aromatic carbocycles. The van der Waals surface area contributed by atoms with Crippen LogP contribution in [0, 0.1) is 0 Å². The number of fused-ring (bicyclic) bond motifs is 2. The normalized spacial score (nSPS) is 14.0. The van der Waals surface area contributed by atoms with Gasteiger partial charge in [0.1, 0.15) is 11.6 Å². The van der Waals surface area contributed by atoms with Crippen LogP contribution in [0.4, 0.5) is 5.69 Å². The van der Waals surface area contributed by atoms with Crippen molar-refractivity contribution in [2.75, 3.05) is 12.4 Å². The van der Waals surface area contributed by atoms with E-state index in [0.717, 1.165) is 11.3 Å². The lowest BCUT2D eigenvalue weighted by atomic mass is 10.1. The van der Waals surface area contributed by atoms with Crippen LogP contribution in [0.15, 0.2) is 77.6 Å². The molecule has 1 aliphatic heterocycles. The molecular weight excluding hydrogens is 378 g/mol. The molecule has 0 saturated carbocycles. The van der Waals surface area contributed by atoms with Crippen LogP contribution in [0.3, 0.4) is 0 Å². The number of aromatic nitrogens is 2. The number of methoxy groups -OCH3 is 1. The SMILES string of the molecule is COc1cccc(-n2c(C=C3C(=O)Nc4ccccc43)nc3ccccc3c2=O)c1. The summed E-state index contributed by atoms with van der Waals surface area (Å²) in [6.45, 7) is 0. The molecule has 1 N–H and O–H groups in total. The van der Waals surface area contributed by atoms with E-state index in [4.69, 9.17) is 9.72 Å². The second-order valence-corrected chi connectivity index (χ2v) is 6.89. The zero-order valence-electron chi connectivity index (χ0n) is 16.1. The molecule has 1 amide bonds. The third-order valence-corrected chi connectivity index (χ3v) is 5.10. The van der Waals surface area contributed by atoms with E-state index in [0.29, 0.717) is 33.7 Å². The summed E-state index contributed by atoms with van der Waals surface area (Å²) in [6, 6.07) is 21.8. The lowest BCUT2D eigenvalue weighted by Crippen LogP contribution is -2.22. The largest absolute Gasteiger partial charge is 0.497 e. The van der Waals surface area contributed by atoms with E-state index >= 15 is 0 Å². The van der Waals surface area contributed by atoms with Gasteiger partial charge >= 0.3 is 0 Å². The summed E-state index contributed by atoms with van der Waals surface area (Å²) >= 11 is 0. The summed E-state index contributed by atoms with van der Waals surface area (Å²) in [6.07, 6.45) is 1.66. The van der Waals surface area contributed by atoms with Crippen molar-refractivity contribution < 1.29 is 9.53 Å². The first-order valence-corrected chi connectivity index (χ1v) is 9.44. The Morgan fingerprint density at radius 1 is 0.967 bits per heavy atom. The number of hydrogen-bond donors (Lipinski definition) is 1. The van der Waals surface area contributed by atoms with Crippen LogP contribution in [-0.2, 0) is 4.79 Å². The molecule has 6 heteroatoms. The van der Waals surface area contributed by atoms with Crippen molar-refractivity contribution in [3.8, 4) is 11.4 Å². The predicted octanol–water partition coefficient (Wildman–Crippen LogP) is 3.89. The highest BCUT2D eigenvalue weighted by Gasteiger charge is 2.24. The van der Waals surface area contributed by atoms with Crippen LogP contribution < -0.4 is 15.6 Å². The Morgan fingerprint density at radius 2 is 1.77 bits per heavy atom. The van der Waals surface area contributed by atoms with Gasteiger partial charge in [0.15, 0.2) is 0 Å². The number of rotatable bonds is 3. The van der Waals surface area contributed by atoms with Gasteiger partial charge in [-0.05, 0) is 36.4 Å². The van der Waals surface area contributed by atoms with E-state index in [9.17, 15) is 9.59 Å². The Hall–Kier alpha value is -4.19. The Bertz CT molecular complexity index is 1400. The molecule has 0 spiro atoms. The van der Waals surface area contributed by atoms with Crippen LogP contribution in [0.2, 0.25) is 0 Å². The minimum absolute atomic E-state index is 0.215. The molecule has 0 saturated heterocycles. The number of amides is 1. The first kappa shape index (κ1) is 17.9. The number of nitrogens with one attached hydrogen (secondary N) is 1. The Balaban J connectivity index is 1.82. The zero-order valence-corrected chi connectivity index (χ0v) is 16.1. The minimum Gasteiger partial charge on any atom is -0.497 e. The molecule has 1 aliphatic rings. The highest BCUT2D eigenvalue weighted by Crippen LogP contribution is 2.32. The van der Waals surface area contributed by atoms with Crippen LogP contribution in [0.25, 0.3) is 28.2 Å². The van der Waals surface area contributed by atoms with Gasteiger partial charge in [-0.15, -0.1) is 0 Å². The lowest BCUT2D eigenvalue weighted by molar-refractivity contribution is -0.110. The van der Waals surface area contributed by atoms with Crippen LogP contribution in [-0.4, -0.2) is 22.6 Å². The number of hydrogen-bond acceptors (Lipinski definition) is 4. The smallest absolute Gasteiger partial charge is 0.266 e. The quantitative estimate of drug-likeness (QED) is 0.534. The molecule has 4 aromatic rings. The number of para-hydroxylation sites is 2. The lowest BCUT2D eigenvalue weighted by Gasteiger charge is -2.13. The van der Waals surface area contributed by atoms with E-state index < -0.39 is 0 Å². The summed E-state index contributed by atoms with van der Waals surface area (Å²) in [4.78, 5) is 30.7. The van der Waals surface area contributed by atoms with Crippen LogP contribution in [0.1, 0.15) is 11.4 Å². The van der Waals surface area contributed by atoms with Crippen molar-refractivity contribution in [3.05, 3.63) is 94.5 Å². The van der Waals surface area contributed by atoms with Crippen LogP contribution >= 0.6 is 0 Å². The van der Waals surface area contributed by atoms with Gasteiger partial charge in [0, 0.05) is 17.3 Å². The molecule has 0 atom stereocenters. The summed E-state index contributed by atoms with van der Waals surface area (Å²) < 4.78 is 6.83. The van der Waals surface area contributed by atoms with Crippen molar-refractivity contribution in [1.29, 1.82) is 0 Å². The van der Waals surface area contributed by atoms with Gasteiger partial charge in [0.05, 0.1) is 29.3 Å². The van der Waals surface area contributed by atoms with Crippen LogP contribution in [0.5, 0.6) is 5.75 Å². The molecule has 0 radical (unpaired) electrons. The molecule has 0 aliphatic carbocycles. The van der Waals surface area contributed by atoms with Crippen molar-refractivity contribution in [1.82, 2.24) is 9.55 Å². The molecule has 5 rings (SSSR count). The first-order valence-electron chi connectivity index (χ1n) is 9.44. The molecule has 0 unspecified atom stereocenters. The maximum absolute atomic E-state index is 13.4. The highest BCUT2D eigenvalue weighted by molar-refractivity contribution is 6.34. The molecule has 146 valence electrons. The van der Waals surface area contributed by atoms with Crippen molar-refractivity contribution >= 4 is 34.1 Å². The van der Waals surface area contributed by atoms with Crippen molar-refractivity contribution in [2.24, 2.45) is 0 Å². The second kappa shape index (κ2) is 7.00. The number of anilines is 1. The summed E-state index contributed by atoms with van der Waals surface area (Å²) in [5, 5.41) is 3.35. The number of ether oxygens (including phenoxy) is 1. The number of benzene rings is 3. The van der Waals surface area contributed by atoms with Gasteiger partial charge < -0.3 is 10.1 Å². The summed E-state index contributed by atoms with van der Waals surface area (Å²) in [7, 11) is 1.57. The van der Waals surface area contributed by atoms with Gasteiger partial charge in [-0.25, -0.2) is 4.98 Å². The molecule has 6 nitrogen and oxygen atoms in total. The molecular formula is C24H17N3O3. The molecule has 0 fully saturated rings. The maximum Gasteiger partial charge on any atom is 0.266 e. The second-order valence-electron chi connectivity index (χ2n) is 6.89. The topological polar surface area (TPSA) is 73.2 Å². The maximum atomic E-state index is 13.4. The van der Waals surface area contributed by atoms with E-state index in [-0.39, 0.29) is 11.5 Å². The van der Waals surface area contributed by atoms with E-state index in [1.54, 1.807) is 37.5 Å². The Kier molecular flexibility index (Phi) is 4.17. The molecule has 30 heavy (non-hydrogen) atoms. The fraction of sp³-hybridized carbons (Fsp3) is 0.0417. The van der Waals surface area contributed by atoms with Crippen molar-refractivity contribution in [3.63, 3.8) is 0 Å².